The molecule has 6 heteroatoms. The minimum atomic E-state index is -0.0207. The number of benzene rings is 1. The molecule has 0 fully saturated rings. The zero-order valence-corrected chi connectivity index (χ0v) is 13.0. The van der Waals surface area contributed by atoms with E-state index in [0.717, 1.165) is 11.3 Å². The van der Waals surface area contributed by atoms with E-state index in [0.29, 0.717) is 24.0 Å². The van der Waals surface area contributed by atoms with E-state index in [9.17, 15) is 4.79 Å². The molecule has 0 radical (unpaired) electrons. The highest BCUT2D eigenvalue weighted by atomic mass is 32.1. The van der Waals surface area contributed by atoms with Crippen LogP contribution in [0.15, 0.2) is 29.6 Å². The number of aromatic nitrogens is 1. The molecule has 2 aromatic rings. The zero-order valence-electron chi connectivity index (χ0n) is 12.2. The molecular weight excluding hydrogens is 286 g/mol. The number of hydrogen-bond acceptors (Lipinski definition) is 5. The molecule has 0 aliphatic carbocycles. The molecule has 0 unspecified atom stereocenters. The van der Waals surface area contributed by atoms with Gasteiger partial charge in [0.05, 0.1) is 5.69 Å². The Morgan fingerprint density at radius 1 is 1.33 bits per heavy atom. The number of amides is 1. The molecule has 0 aliphatic heterocycles. The van der Waals surface area contributed by atoms with E-state index < -0.39 is 0 Å². The molecule has 0 spiro atoms. The van der Waals surface area contributed by atoms with Gasteiger partial charge in [-0.3, -0.25) is 4.79 Å². The van der Waals surface area contributed by atoms with Crippen LogP contribution in [0.3, 0.4) is 0 Å². The van der Waals surface area contributed by atoms with Crippen molar-refractivity contribution in [3.05, 3.63) is 29.6 Å². The number of nitrogens with zero attached hydrogens (tertiary/aromatic N) is 2. The standard InChI is InChI=1S/C15H19N3O2S/c1-3-18(4-2)14(19)9-20-13-8-6-5-7-11(13)12-10-21-15(16)17-12/h5-8,10H,3-4,9H2,1-2H3,(H2,16,17). The van der Waals surface area contributed by atoms with Gasteiger partial charge in [-0.25, -0.2) is 4.98 Å². The first-order valence-electron chi connectivity index (χ1n) is 6.86. The van der Waals surface area contributed by atoms with E-state index in [1.54, 1.807) is 4.90 Å². The summed E-state index contributed by atoms with van der Waals surface area (Å²) >= 11 is 1.38. The third-order valence-corrected chi connectivity index (χ3v) is 3.83. The van der Waals surface area contributed by atoms with Crippen LogP contribution in [0, 0.1) is 0 Å². The predicted octanol–water partition coefficient (Wildman–Crippen LogP) is 2.64. The summed E-state index contributed by atoms with van der Waals surface area (Å²) in [6.45, 7) is 5.30. The van der Waals surface area contributed by atoms with Crippen molar-refractivity contribution >= 4 is 22.4 Å². The third-order valence-electron chi connectivity index (χ3n) is 3.15. The lowest BCUT2D eigenvalue weighted by atomic mass is 10.1. The smallest absolute Gasteiger partial charge is 0.260 e. The maximum atomic E-state index is 12.0. The summed E-state index contributed by atoms with van der Waals surface area (Å²) in [4.78, 5) is 18.0. The van der Waals surface area contributed by atoms with Gasteiger partial charge < -0.3 is 15.4 Å². The van der Waals surface area contributed by atoms with Crippen LogP contribution < -0.4 is 10.5 Å². The van der Waals surface area contributed by atoms with Crippen molar-refractivity contribution in [2.45, 2.75) is 13.8 Å². The van der Waals surface area contributed by atoms with Gasteiger partial charge in [0.15, 0.2) is 11.7 Å². The molecule has 1 aromatic heterocycles. The van der Waals surface area contributed by atoms with Gasteiger partial charge >= 0.3 is 0 Å². The number of anilines is 1. The molecule has 0 saturated carbocycles. The van der Waals surface area contributed by atoms with Crippen LogP contribution in [-0.2, 0) is 4.79 Å². The molecule has 2 N–H and O–H groups in total. The highest BCUT2D eigenvalue weighted by Gasteiger charge is 2.13. The quantitative estimate of drug-likeness (QED) is 0.891. The SMILES string of the molecule is CCN(CC)C(=O)COc1ccccc1-c1csc(N)n1. The van der Waals surface area contributed by atoms with E-state index >= 15 is 0 Å². The van der Waals surface area contributed by atoms with Crippen LogP contribution in [0.25, 0.3) is 11.3 Å². The lowest BCUT2D eigenvalue weighted by Crippen LogP contribution is -2.34. The molecule has 0 atom stereocenters. The van der Waals surface area contributed by atoms with E-state index in [1.807, 2.05) is 43.5 Å². The van der Waals surface area contributed by atoms with Crippen LogP contribution in [0.2, 0.25) is 0 Å². The minimum Gasteiger partial charge on any atom is -0.483 e. The van der Waals surface area contributed by atoms with Gasteiger partial charge in [-0.05, 0) is 26.0 Å². The van der Waals surface area contributed by atoms with Crippen molar-refractivity contribution in [2.24, 2.45) is 0 Å². The summed E-state index contributed by atoms with van der Waals surface area (Å²) in [6.07, 6.45) is 0. The van der Waals surface area contributed by atoms with Crippen molar-refractivity contribution in [1.29, 1.82) is 0 Å². The number of thiazole rings is 1. The average molecular weight is 305 g/mol. The second-order valence-corrected chi connectivity index (χ2v) is 5.31. The maximum Gasteiger partial charge on any atom is 0.260 e. The average Bonchev–Trinajstić information content (AvgIpc) is 2.93. The van der Waals surface area contributed by atoms with Gasteiger partial charge in [0.2, 0.25) is 0 Å². The van der Waals surface area contributed by atoms with E-state index in [4.69, 9.17) is 10.5 Å². The number of nitrogen functional groups attached to an aromatic ring is 1. The zero-order chi connectivity index (χ0) is 15.2. The number of carbonyl (C=O) groups is 1. The molecule has 5 nitrogen and oxygen atoms in total. The highest BCUT2D eigenvalue weighted by molar-refractivity contribution is 7.13. The first kappa shape index (κ1) is 15.3. The Morgan fingerprint density at radius 2 is 2.05 bits per heavy atom. The van der Waals surface area contributed by atoms with E-state index in [1.165, 1.54) is 11.3 Å². The summed E-state index contributed by atoms with van der Waals surface area (Å²) < 4.78 is 5.68. The molecule has 1 amide bonds. The van der Waals surface area contributed by atoms with Crippen LogP contribution in [0.4, 0.5) is 5.13 Å². The van der Waals surface area contributed by atoms with Gasteiger partial charge in [-0.1, -0.05) is 12.1 Å². The fourth-order valence-corrected chi connectivity index (χ4v) is 2.59. The predicted molar refractivity (Wildman–Crippen MR) is 85.4 cm³/mol. The molecule has 1 aromatic carbocycles. The van der Waals surface area contributed by atoms with Crippen molar-refractivity contribution in [2.75, 3.05) is 25.4 Å². The maximum absolute atomic E-state index is 12.0. The summed E-state index contributed by atoms with van der Waals surface area (Å²) in [7, 11) is 0. The van der Waals surface area contributed by atoms with Crippen molar-refractivity contribution in [3.63, 3.8) is 0 Å². The van der Waals surface area contributed by atoms with Crippen LogP contribution in [-0.4, -0.2) is 35.5 Å². The minimum absolute atomic E-state index is 0.0207. The number of nitrogens with two attached hydrogens (primary N) is 1. The summed E-state index contributed by atoms with van der Waals surface area (Å²) in [5, 5.41) is 2.39. The number of para-hydroxylation sites is 1. The Kier molecular flexibility index (Phi) is 5.16. The topological polar surface area (TPSA) is 68.5 Å². The van der Waals surface area contributed by atoms with Crippen molar-refractivity contribution in [1.82, 2.24) is 9.88 Å². The Bertz CT molecular complexity index is 608. The molecule has 0 aliphatic rings. The monoisotopic (exact) mass is 305 g/mol. The van der Waals surface area contributed by atoms with Gasteiger partial charge in [0.1, 0.15) is 5.75 Å². The number of hydrogen-bond donors (Lipinski definition) is 1. The Morgan fingerprint density at radius 3 is 2.67 bits per heavy atom. The molecule has 112 valence electrons. The Hall–Kier alpha value is -2.08. The van der Waals surface area contributed by atoms with Crippen LogP contribution in [0.1, 0.15) is 13.8 Å². The first-order chi connectivity index (χ1) is 10.2. The van der Waals surface area contributed by atoms with Crippen LogP contribution >= 0.6 is 11.3 Å². The van der Waals surface area contributed by atoms with Crippen LogP contribution in [0.5, 0.6) is 5.75 Å². The first-order valence-corrected chi connectivity index (χ1v) is 7.74. The molecule has 0 bridgehead atoms. The Balaban J connectivity index is 2.12. The van der Waals surface area contributed by atoms with Crippen molar-refractivity contribution in [3.8, 4) is 17.0 Å². The third kappa shape index (κ3) is 3.72. The number of carbonyl (C=O) groups excluding carboxylic acids is 1. The fourth-order valence-electron chi connectivity index (χ4n) is 2.02. The van der Waals surface area contributed by atoms with Crippen molar-refractivity contribution < 1.29 is 9.53 Å². The molecule has 0 saturated heterocycles. The largest absolute Gasteiger partial charge is 0.483 e. The summed E-state index contributed by atoms with van der Waals surface area (Å²) in [6, 6.07) is 7.52. The normalized spacial score (nSPS) is 10.4. The van der Waals surface area contributed by atoms with E-state index in [2.05, 4.69) is 4.98 Å². The number of likely N-dealkylation sites (N-methyl/N-ethyl adjacent to an activating group) is 1. The van der Waals surface area contributed by atoms with Gasteiger partial charge in [0.25, 0.3) is 5.91 Å². The summed E-state index contributed by atoms with van der Waals surface area (Å²) in [5.41, 5.74) is 7.28. The lowest BCUT2D eigenvalue weighted by Gasteiger charge is -2.19. The molecule has 2 rings (SSSR count). The number of rotatable bonds is 6. The van der Waals surface area contributed by atoms with E-state index in [-0.39, 0.29) is 12.5 Å². The van der Waals surface area contributed by atoms with Gasteiger partial charge in [0, 0.05) is 24.0 Å². The molecular formula is C15H19N3O2S. The van der Waals surface area contributed by atoms with Gasteiger partial charge in [-0.15, -0.1) is 11.3 Å². The molecule has 21 heavy (non-hydrogen) atoms. The molecule has 1 heterocycles. The number of ether oxygens (including phenoxy) is 1. The second kappa shape index (κ2) is 7.08. The fraction of sp³-hybridized carbons (Fsp3) is 0.333. The Labute approximate surface area is 128 Å². The van der Waals surface area contributed by atoms with Gasteiger partial charge in [-0.2, -0.15) is 0 Å². The summed E-state index contributed by atoms with van der Waals surface area (Å²) in [5.74, 6) is 0.621. The second-order valence-electron chi connectivity index (χ2n) is 4.42. The highest BCUT2D eigenvalue weighted by Crippen LogP contribution is 2.31. The lowest BCUT2D eigenvalue weighted by molar-refractivity contribution is -0.132.